The minimum atomic E-state index is -4.77. The SMILES string of the molecule is O=C(O)c1ccc(F)c(S(=O)(=O)Nc2cc(F)c(F)cc2F)c1. The maximum absolute atomic E-state index is 13.6. The van der Waals surface area contributed by atoms with Crippen molar-refractivity contribution < 1.29 is 35.9 Å². The van der Waals surface area contributed by atoms with Crippen molar-refractivity contribution in [2.24, 2.45) is 0 Å². The van der Waals surface area contributed by atoms with Crippen LogP contribution < -0.4 is 4.72 Å². The van der Waals surface area contributed by atoms with Gasteiger partial charge in [0.25, 0.3) is 10.0 Å². The monoisotopic (exact) mass is 349 g/mol. The highest BCUT2D eigenvalue weighted by atomic mass is 32.2. The van der Waals surface area contributed by atoms with E-state index < -0.39 is 55.4 Å². The first kappa shape index (κ1) is 16.7. The zero-order valence-electron chi connectivity index (χ0n) is 11.0. The highest BCUT2D eigenvalue weighted by molar-refractivity contribution is 7.92. The van der Waals surface area contributed by atoms with E-state index in [-0.39, 0.29) is 12.1 Å². The van der Waals surface area contributed by atoms with Crippen LogP contribution in [0.1, 0.15) is 10.4 Å². The van der Waals surface area contributed by atoms with Gasteiger partial charge in [0.1, 0.15) is 16.5 Å². The number of halogens is 4. The van der Waals surface area contributed by atoms with E-state index in [1.165, 1.54) is 4.72 Å². The molecule has 0 atom stereocenters. The predicted molar refractivity (Wildman–Crippen MR) is 70.5 cm³/mol. The normalized spacial score (nSPS) is 11.3. The zero-order valence-corrected chi connectivity index (χ0v) is 11.8. The molecule has 23 heavy (non-hydrogen) atoms. The van der Waals surface area contributed by atoms with Crippen molar-refractivity contribution in [2.45, 2.75) is 4.90 Å². The summed E-state index contributed by atoms with van der Waals surface area (Å²) in [6.07, 6.45) is 0. The van der Waals surface area contributed by atoms with Gasteiger partial charge >= 0.3 is 5.97 Å². The first-order chi connectivity index (χ1) is 10.6. The molecular formula is C13H7F4NO4S. The third-order valence-electron chi connectivity index (χ3n) is 2.72. The molecule has 0 aliphatic rings. The van der Waals surface area contributed by atoms with Gasteiger partial charge in [-0.05, 0) is 18.2 Å². The standard InChI is InChI=1S/C13H7F4NO4S/c14-7-2-1-6(13(19)20)3-12(7)23(21,22)18-11-5-9(16)8(15)4-10(11)17/h1-5,18H,(H,19,20). The lowest BCUT2D eigenvalue weighted by molar-refractivity contribution is 0.0696. The lowest BCUT2D eigenvalue weighted by Crippen LogP contribution is -2.17. The van der Waals surface area contributed by atoms with E-state index in [1.807, 2.05) is 0 Å². The number of aromatic carboxylic acids is 1. The summed E-state index contributed by atoms with van der Waals surface area (Å²) in [5, 5.41) is 8.78. The van der Waals surface area contributed by atoms with Gasteiger partial charge in [-0.1, -0.05) is 0 Å². The van der Waals surface area contributed by atoms with Crippen molar-refractivity contribution in [1.82, 2.24) is 0 Å². The number of benzene rings is 2. The Kier molecular flexibility index (Phi) is 4.28. The molecule has 10 heteroatoms. The Balaban J connectivity index is 2.50. The summed E-state index contributed by atoms with van der Waals surface area (Å²) in [6.45, 7) is 0. The second kappa shape index (κ2) is 5.88. The summed E-state index contributed by atoms with van der Waals surface area (Å²) in [5.74, 6) is -7.30. The summed E-state index contributed by atoms with van der Waals surface area (Å²) < 4.78 is 78.5. The molecule has 5 nitrogen and oxygen atoms in total. The third-order valence-corrected chi connectivity index (χ3v) is 4.10. The van der Waals surface area contributed by atoms with Crippen LogP contribution >= 0.6 is 0 Å². The Labute approximate surface area is 127 Å². The van der Waals surface area contributed by atoms with Crippen LogP contribution in [0.25, 0.3) is 0 Å². The van der Waals surface area contributed by atoms with Crippen molar-refractivity contribution in [1.29, 1.82) is 0 Å². The molecule has 0 saturated carbocycles. The van der Waals surface area contributed by atoms with Gasteiger partial charge in [-0.15, -0.1) is 0 Å². The van der Waals surface area contributed by atoms with Crippen LogP contribution in [0.3, 0.4) is 0 Å². The van der Waals surface area contributed by atoms with E-state index in [0.717, 1.165) is 6.07 Å². The molecule has 0 aromatic heterocycles. The van der Waals surface area contributed by atoms with Crippen LogP contribution in [-0.2, 0) is 10.0 Å². The Bertz CT molecular complexity index is 899. The molecule has 0 saturated heterocycles. The molecule has 0 aliphatic heterocycles. The number of nitrogens with one attached hydrogen (secondary N) is 1. The predicted octanol–water partition coefficient (Wildman–Crippen LogP) is 2.74. The topological polar surface area (TPSA) is 83.5 Å². The fraction of sp³-hybridized carbons (Fsp3) is 0. The number of carbonyl (C=O) groups is 1. The number of carboxylic acid groups (broad SMARTS) is 1. The molecule has 0 fully saturated rings. The molecule has 0 bridgehead atoms. The van der Waals surface area contributed by atoms with Crippen LogP contribution in [-0.4, -0.2) is 19.5 Å². The summed E-state index contributed by atoms with van der Waals surface area (Å²) in [7, 11) is -4.77. The molecule has 2 rings (SSSR count). The maximum atomic E-state index is 13.6. The van der Waals surface area contributed by atoms with Gasteiger partial charge < -0.3 is 5.11 Å². The summed E-state index contributed by atoms with van der Waals surface area (Å²) >= 11 is 0. The summed E-state index contributed by atoms with van der Waals surface area (Å²) in [4.78, 5) is 9.72. The molecule has 2 N–H and O–H groups in total. The third kappa shape index (κ3) is 3.42. The molecule has 122 valence electrons. The van der Waals surface area contributed by atoms with Crippen molar-refractivity contribution in [3.05, 3.63) is 59.2 Å². The van der Waals surface area contributed by atoms with Gasteiger partial charge in [-0.2, -0.15) is 0 Å². The Morgan fingerprint density at radius 1 is 0.913 bits per heavy atom. The molecule has 2 aromatic carbocycles. The Hall–Kier alpha value is -2.62. The van der Waals surface area contributed by atoms with Gasteiger partial charge in [-0.3, -0.25) is 4.72 Å². The van der Waals surface area contributed by atoms with Crippen LogP contribution in [0.4, 0.5) is 23.2 Å². The van der Waals surface area contributed by atoms with Gasteiger partial charge in [0, 0.05) is 12.1 Å². The van der Waals surface area contributed by atoms with Gasteiger partial charge in [0.05, 0.1) is 11.3 Å². The second-order valence-electron chi connectivity index (χ2n) is 4.30. The van der Waals surface area contributed by atoms with Crippen molar-refractivity contribution in [3.63, 3.8) is 0 Å². The molecule has 0 heterocycles. The highest BCUT2D eigenvalue weighted by Crippen LogP contribution is 2.24. The van der Waals surface area contributed by atoms with E-state index in [0.29, 0.717) is 12.1 Å². The largest absolute Gasteiger partial charge is 0.478 e. The second-order valence-corrected chi connectivity index (χ2v) is 5.95. The zero-order chi connectivity index (χ0) is 17.4. The molecule has 0 spiro atoms. The van der Waals surface area contributed by atoms with Gasteiger partial charge in [0.2, 0.25) is 0 Å². The van der Waals surface area contributed by atoms with Crippen molar-refractivity contribution in [2.75, 3.05) is 4.72 Å². The molecule has 0 amide bonds. The van der Waals surface area contributed by atoms with Crippen LogP contribution in [0, 0.1) is 23.3 Å². The minimum Gasteiger partial charge on any atom is -0.478 e. The van der Waals surface area contributed by atoms with Crippen LogP contribution in [0.15, 0.2) is 35.2 Å². The Morgan fingerprint density at radius 2 is 1.52 bits per heavy atom. The van der Waals surface area contributed by atoms with Gasteiger partial charge in [-0.25, -0.2) is 30.8 Å². The van der Waals surface area contributed by atoms with Crippen molar-refractivity contribution >= 4 is 21.7 Å². The minimum absolute atomic E-state index is 0.108. The highest BCUT2D eigenvalue weighted by Gasteiger charge is 2.23. The van der Waals surface area contributed by atoms with Crippen LogP contribution in [0.5, 0.6) is 0 Å². The lowest BCUT2D eigenvalue weighted by Gasteiger charge is -2.10. The number of hydrogen-bond donors (Lipinski definition) is 2. The van der Waals surface area contributed by atoms with E-state index >= 15 is 0 Å². The first-order valence-corrected chi connectivity index (χ1v) is 7.30. The quantitative estimate of drug-likeness (QED) is 0.657. The van der Waals surface area contributed by atoms with Gasteiger partial charge in [0.15, 0.2) is 11.6 Å². The molecule has 0 aliphatic carbocycles. The average molecular weight is 349 g/mol. The summed E-state index contributed by atoms with van der Waals surface area (Å²) in [6, 6.07) is 2.28. The first-order valence-electron chi connectivity index (χ1n) is 5.82. The van der Waals surface area contributed by atoms with E-state index in [2.05, 4.69) is 0 Å². The number of anilines is 1. The smallest absolute Gasteiger partial charge is 0.335 e. The Morgan fingerprint density at radius 3 is 2.13 bits per heavy atom. The molecular weight excluding hydrogens is 342 g/mol. The average Bonchev–Trinajstić information content (AvgIpc) is 2.44. The molecule has 0 unspecified atom stereocenters. The van der Waals surface area contributed by atoms with E-state index in [4.69, 9.17) is 5.11 Å². The molecule has 2 aromatic rings. The maximum Gasteiger partial charge on any atom is 0.335 e. The molecule has 0 radical (unpaired) electrons. The van der Waals surface area contributed by atoms with E-state index in [1.54, 1.807) is 0 Å². The lowest BCUT2D eigenvalue weighted by atomic mass is 10.2. The van der Waals surface area contributed by atoms with Crippen LogP contribution in [0.2, 0.25) is 0 Å². The summed E-state index contributed by atoms with van der Waals surface area (Å²) in [5.41, 5.74) is -1.48. The number of hydrogen-bond acceptors (Lipinski definition) is 3. The van der Waals surface area contributed by atoms with E-state index in [9.17, 15) is 30.8 Å². The number of rotatable bonds is 4. The van der Waals surface area contributed by atoms with Crippen molar-refractivity contribution in [3.8, 4) is 0 Å². The fourth-order valence-electron chi connectivity index (χ4n) is 1.64. The number of sulfonamides is 1. The fourth-order valence-corrected chi connectivity index (χ4v) is 2.81. The number of carboxylic acids is 1.